The van der Waals surface area contributed by atoms with E-state index < -0.39 is 5.97 Å². The van der Waals surface area contributed by atoms with Crippen molar-refractivity contribution < 1.29 is 14.7 Å². The second-order valence-electron chi connectivity index (χ2n) is 7.34. The molecule has 0 bridgehead atoms. The third-order valence-corrected chi connectivity index (χ3v) is 5.96. The molecule has 1 aliphatic carbocycles. The van der Waals surface area contributed by atoms with E-state index in [0.717, 1.165) is 12.8 Å². The maximum atomic E-state index is 12.8. The monoisotopic (exact) mass is 296 g/mol. The van der Waals surface area contributed by atoms with Gasteiger partial charge in [0.2, 0.25) is 5.91 Å². The quantitative estimate of drug-likeness (QED) is 0.812. The fraction of sp³-hybridized carbons (Fsp3) is 0.875. The Balaban J connectivity index is 2.02. The standard InChI is InChI=1S/C16H28N2O3/c1-10-13(17)5-4-12(16(10,2)3)14(19)18-8-6-11(7-9-18)15(20)21/h10-13H,4-9,17H2,1-3H3,(H,20,21). The Morgan fingerprint density at radius 2 is 1.71 bits per heavy atom. The number of hydrogen-bond acceptors (Lipinski definition) is 3. The van der Waals surface area contributed by atoms with Gasteiger partial charge in [0, 0.05) is 25.0 Å². The van der Waals surface area contributed by atoms with Crippen LogP contribution in [0.5, 0.6) is 0 Å². The Bertz CT molecular complexity index is 414. The van der Waals surface area contributed by atoms with Gasteiger partial charge in [-0.25, -0.2) is 0 Å². The molecule has 1 amide bonds. The molecular weight excluding hydrogens is 268 g/mol. The SMILES string of the molecule is CC1C(N)CCC(C(=O)N2CCC(C(=O)O)CC2)C1(C)C. The zero-order valence-electron chi connectivity index (χ0n) is 13.3. The summed E-state index contributed by atoms with van der Waals surface area (Å²) in [6.45, 7) is 7.57. The number of nitrogens with zero attached hydrogens (tertiary/aromatic N) is 1. The average molecular weight is 296 g/mol. The molecular formula is C16H28N2O3. The summed E-state index contributed by atoms with van der Waals surface area (Å²) in [6.07, 6.45) is 2.88. The van der Waals surface area contributed by atoms with E-state index in [1.165, 1.54) is 0 Å². The van der Waals surface area contributed by atoms with Crippen LogP contribution in [0, 0.1) is 23.2 Å². The van der Waals surface area contributed by atoms with E-state index in [0.29, 0.717) is 31.8 Å². The Hall–Kier alpha value is -1.10. The summed E-state index contributed by atoms with van der Waals surface area (Å²) >= 11 is 0. The number of carbonyl (C=O) groups is 2. The van der Waals surface area contributed by atoms with Gasteiger partial charge in [-0.1, -0.05) is 20.8 Å². The molecule has 3 atom stereocenters. The first-order chi connectivity index (χ1) is 9.75. The molecule has 2 aliphatic rings. The molecule has 5 heteroatoms. The lowest BCUT2D eigenvalue weighted by Crippen LogP contribution is -2.53. The second-order valence-corrected chi connectivity index (χ2v) is 7.34. The maximum Gasteiger partial charge on any atom is 0.306 e. The number of carboxylic acids is 1. The van der Waals surface area contributed by atoms with Crippen LogP contribution >= 0.6 is 0 Å². The van der Waals surface area contributed by atoms with Crippen LogP contribution in [0.1, 0.15) is 46.5 Å². The van der Waals surface area contributed by atoms with E-state index in [-0.39, 0.29) is 29.2 Å². The highest BCUT2D eigenvalue weighted by atomic mass is 16.4. The number of nitrogens with two attached hydrogens (primary N) is 1. The van der Waals surface area contributed by atoms with E-state index in [1.54, 1.807) is 0 Å². The highest BCUT2D eigenvalue weighted by Crippen LogP contribution is 2.45. The molecule has 0 aromatic carbocycles. The van der Waals surface area contributed by atoms with Crippen LogP contribution in [-0.2, 0) is 9.59 Å². The molecule has 1 aliphatic heterocycles. The molecule has 0 radical (unpaired) electrons. The third kappa shape index (κ3) is 3.07. The minimum absolute atomic E-state index is 0.00804. The zero-order chi connectivity index (χ0) is 15.8. The number of amides is 1. The molecule has 3 N–H and O–H groups in total. The minimum Gasteiger partial charge on any atom is -0.481 e. The first-order valence-corrected chi connectivity index (χ1v) is 8.02. The lowest BCUT2D eigenvalue weighted by Gasteiger charge is -2.47. The highest BCUT2D eigenvalue weighted by Gasteiger charge is 2.46. The van der Waals surface area contributed by atoms with Gasteiger partial charge in [-0.05, 0) is 37.0 Å². The van der Waals surface area contributed by atoms with Crippen molar-refractivity contribution in [3.63, 3.8) is 0 Å². The molecule has 3 unspecified atom stereocenters. The fourth-order valence-corrected chi connectivity index (χ4v) is 3.86. The predicted molar refractivity (Wildman–Crippen MR) is 80.6 cm³/mol. The summed E-state index contributed by atoms with van der Waals surface area (Å²) in [4.78, 5) is 25.7. The summed E-state index contributed by atoms with van der Waals surface area (Å²) in [7, 11) is 0. The van der Waals surface area contributed by atoms with Gasteiger partial charge in [0.1, 0.15) is 0 Å². The first kappa shape index (κ1) is 16.3. The fourth-order valence-electron chi connectivity index (χ4n) is 3.86. The van der Waals surface area contributed by atoms with Crippen LogP contribution in [0.15, 0.2) is 0 Å². The summed E-state index contributed by atoms with van der Waals surface area (Å²) in [5.41, 5.74) is 6.06. The molecule has 1 saturated heterocycles. The predicted octanol–water partition coefficient (Wildman–Crippen LogP) is 1.71. The van der Waals surface area contributed by atoms with Gasteiger partial charge in [0.05, 0.1) is 5.92 Å². The van der Waals surface area contributed by atoms with Crippen LogP contribution in [0.2, 0.25) is 0 Å². The van der Waals surface area contributed by atoms with Crippen molar-refractivity contribution in [3.05, 3.63) is 0 Å². The number of aliphatic carboxylic acids is 1. The van der Waals surface area contributed by atoms with Crippen LogP contribution in [-0.4, -0.2) is 41.0 Å². The van der Waals surface area contributed by atoms with Crippen molar-refractivity contribution in [1.82, 2.24) is 4.90 Å². The van der Waals surface area contributed by atoms with Crippen LogP contribution in [0.4, 0.5) is 0 Å². The topological polar surface area (TPSA) is 83.6 Å². The average Bonchev–Trinajstić information content (AvgIpc) is 2.44. The van der Waals surface area contributed by atoms with Gasteiger partial charge in [-0.15, -0.1) is 0 Å². The molecule has 0 spiro atoms. The molecule has 2 rings (SSSR count). The van der Waals surface area contributed by atoms with Gasteiger partial charge in [0.15, 0.2) is 0 Å². The van der Waals surface area contributed by atoms with Crippen molar-refractivity contribution in [2.45, 2.75) is 52.5 Å². The summed E-state index contributed by atoms with van der Waals surface area (Å²) < 4.78 is 0. The Morgan fingerprint density at radius 1 is 1.14 bits per heavy atom. The van der Waals surface area contributed by atoms with Gasteiger partial charge in [-0.2, -0.15) is 0 Å². The van der Waals surface area contributed by atoms with Gasteiger partial charge < -0.3 is 15.7 Å². The summed E-state index contributed by atoms with van der Waals surface area (Å²) in [6, 6.07) is 0.168. The highest BCUT2D eigenvalue weighted by molar-refractivity contribution is 5.80. The minimum atomic E-state index is -0.736. The molecule has 1 saturated carbocycles. The summed E-state index contributed by atoms with van der Waals surface area (Å²) in [5, 5.41) is 9.04. The Kier molecular flexibility index (Phi) is 4.61. The van der Waals surface area contributed by atoms with E-state index in [4.69, 9.17) is 10.8 Å². The maximum absolute atomic E-state index is 12.8. The molecule has 120 valence electrons. The van der Waals surface area contributed by atoms with Crippen LogP contribution < -0.4 is 5.73 Å². The van der Waals surface area contributed by atoms with E-state index in [9.17, 15) is 9.59 Å². The number of carbonyl (C=O) groups excluding carboxylic acids is 1. The largest absolute Gasteiger partial charge is 0.481 e. The second kappa shape index (κ2) is 5.95. The Labute approximate surface area is 126 Å². The van der Waals surface area contributed by atoms with Crippen molar-refractivity contribution in [1.29, 1.82) is 0 Å². The summed E-state index contributed by atoms with van der Waals surface area (Å²) in [5.74, 6) is -0.506. The number of hydrogen-bond donors (Lipinski definition) is 2. The van der Waals surface area contributed by atoms with Gasteiger partial charge >= 0.3 is 5.97 Å². The van der Waals surface area contributed by atoms with Crippen molar-refractivity contribution in [2.24, 2.45) is 28.9 Å². The zero-order valence-corrected chi connectivity index (χ0v) is 13.3. The van der Waals surface area contributed by atoms with Crippen LogP contribution in [0.25, 0.3) is 0 Å². The molecule has 5 nitrogen and oxygen atoms in total. The first-order valence-electron chi connectivity index (χ1n) is 8.02. The molecule has 0 aromatic heterocycles. The van der Waals surface area contributed by atoms with Gasteiger partial charge in [-0.3, -0.25) is 9.59 Å². The van der Waals surface area contributed by atoms with Crippen LogP contribution in [0.3, 0.4) is 0 Å². The molecule has 2 fully saturated rings. The van der Waals surface area contributed by atoms with Crippen molar-refractivity contribution in [3.8, 4) is 0 Å². The molecule has 0 aromatic rings. The number of carboxylic acid groups (broad SMARTS) is 1. The smallest absolute Gasteiger partial charge is 0.306 e. The number of rotatable bonds is 2. The lowest BCUT2D eigenvalue weighted by atomic mass is 9.60. The lowest BCUT2D eigenvalue weighted by molar-refractivity contribution is -0.150. The van der Waals surface area contributed by atoms with E-state index in [2.05, 4.69) is 20.8 Å². The molecule has 1 heterocycles. The molecule has 21 heavy (non-hydrogen) atoms. The third-order valence-electron chi connectivity index (χ3n) is 5.96. The number of piperidine rings is 1. The van der Waals surface area contributed by atoms with Gasteiger partial charge in [0.25, 0.3) is 0 Å². The van der Waals surface area contributed by atoms with E-state index >= 15 is 0 Å². The normalized spacial score (nSPS) is 33.7. The van der Waals surface area contributed by atoms with Crippen molar-refractivity contribution in [2.75, 3.05) is 13.1 Å². The Morgan fingerprint density at radius 3 is 2.24 bits per heavy atom. The van der Waals surface area contributed by atoms with E-state index in [1.807, 2.05) is 4.90 Å². The number of likely N-dealkylation sites (tertiary alicyclic amines) is 1. The van der Waals surface area contributed by atoms with Crippen molar-refractivity contribution >= 4 is 11.9 Å².